The zero-order valence-corrected chi connectivity index (χ0v) is 14.6. The SMILES string of the molecule is C[C@H]1OCCN[C@@H]1C(=O)N1CCc2cc(Cl)cc(Cl)c2C1.Cl. The van der Waals surface area contributed by atoms with Crippen LogP contribution in [0.25, 0.3) is 0 Å². The van der Waals surface area contributed by atoms with Crippen molar-refractivity contribution in [2.75, 3.05) is 19.7 Å². The molecule has 22 heavy (non-hydrogen) atoms. The number of benzene rings is 1. The number of hydrogen-bond donors (Lipinski definition) is 1. The van der Waals surface area contributed by atoms with Gasteiger partial charge in [0.2, 0.25) is 5.91 Å². The average molecular weight is 366 g/mol. The van der Waals surface area contributed by atoms with E-state index in [0.29, 0.717) is 36.3 Å². The fourth-order valence-corrected chi connectivity index (χ4v) is 3.57. The lowest BCUT2D eigenvalue weighted by molar-refractivity contribution is -0.140. The summed E-state index contributed by atoms with van der Waals surface area (Å²) in [6.07, 6.45) is 0.678. The van der Waals surface area contributed by atoms with Crippen molar-refractivity contribution in [3.8, 4) is 0 Å². The lowest BCUT2D eigenvalue weighted by Crippen LogP contribution is -2.57. The number of rotatable bonds is 1. The summed E-state index contributed by atoms with van der Waals surface area (Å²) < 4.78 is 5.56. The van der Waals surface area contributed by atoms with Crippen LogP contribution in [0, 0.1) is 0 Å². The third-order valence-corrected chi connectivity index (χ3v) is 4.70. The topological polar surface area (TPSA) is 41.6 Å². The van der Waals surface area contributed by atoms with Crippen LogP contribution in [0.1, 0.15) is 18.1 Å². The first-order valence-electron chi connectivity index (χ1n) is 7.17. The van der Waals surface area contributed by atoms with Gasteiger partial charge in [-0.2, -0.15) is 0 Å². The van der Waals surface area contributed by atoms with Gasteiger partial charge in [-0.05, 0) is 36.6 Å². The third kappa shape index (κ3) is 3.52. The maximum absolute atomic E-state index is 12.7. The molecule has 1 amide bonds. The van der Waals surface area contributed by atoms with E-state index in [1.54, 1.807) is 6.07 Å². The van der Waals surface area contributed by atoms with Gasteiger partial charge in [0.15, 0.2) is 0 Å². The second kappa shape index (κ2) is 7.37. The largest absolute Gasteiger partial charge is 0.375 e. The van der Waals surface area contributed by atoms with Gasteiger partial charge in [-0.3, -0.25) is 4.79 Å². The number of morpholine rings is 1. The summed E-state index contributed by atoms with van der Waals surface area (Å²) in [4.78, 5) is 14.5. The fourth-order valence-electron chi connectivity index (χ4n) is 2.98. The first kappa shape index (κ1) is 17.8. The van der Waals surface area contributed by atoms with Gasteiger partial charge in [-0.15, -0.1) is 12.4 Å². The van der Waals surface area contributed by atoms with E-state index in [-0.39, 0.29) is 30.5 Å². The van der Waals surface area contributed by atoms with E-state index in [4.69, 9.17) is 27.9 Å². The number of hydrogen-bond acceptors (Lipinski definition) is 3. The summed E-state index contributed by atoms with van der Waals surface area (Å²) in [6.45, 7) is 4.52. The number of fused-ring (bicyclic) bond motifs is 1. The quantitative estimate of drug-likeness (QED) is 0.832. The van der Waals surface area contributed by atoms with Gasteiger partial charge in [-0.25, -0.2) is 0 Å². The number of carbonyl (C=O) groups excluding carboxylic acids is 1. The maximum atomic E-state index is 12.7. The zero-order valence-electron chi connectivity index (χ0n) is 12.3. The van der Waals surface area contributed by atoms with Crippen LogP contribution in [0.4, 0.5) is 0 Å². The highest BCUT2D eigenvalue weighted by Gasteiger charge is 2.33. The number of carbonyl (C=O) groups is 1. The summed E-state index contributed by atoms with van der Waals surface area (Å²) in [7, 11) is 0. The highest BCUT2D eigenvalue weighted by atomic mass is 35.5. The smallest absolute Gasteiger partial charge is 0.242 e. The van der Waals surface area contributed by atoms with Gasteiger partial charge in [-0.1, -0.05) is 23.2 Å². The molecule has 7 heteroatoms. The van der Waals surface area contributed by atoms with Gasteiger partial charge < -0.3 is 15.0 Å². The molecule has 0 bridgehead atoms. The molecule has 1 N–H and O–H groups in total. The van der Waals surface area contributed by atoms with Crippen LogP contribution in [0.3, 0.4) is 0 Å². The van der Waals surface area contributed by atoms with Crippen LogP contribution in [0.2, 0.25) is 10.0 Å². The molecule has 2 atom stereocenters. The Balaban J connectivity index is 0.00000176. The summed E-state index contributed by atoms with van der Waals surface area (Å²) in [5.41, 5.74) is 2.14. The maximum Gasteiger partial charge on any atom is 0.242 e. The third-order valence-electron chi connectivity index (χ3n) is 4.15. The van der Waals surface area contributed by atoms with Crippen LogP contribution in [0.5, 0.6) is 0 Å². The minimum absolute atomic E-state index is 0. The van der Waals surface area contributed by atoms with Crippen molar-refractivity contribution >= 4 is 41.5 Å². The predicted octanol–water partition coefficient (Wildman–Crippen LogP) is 2.68. The second-order valence-electron chi connectivity index (χ2n) is 5.54. The standard InChI is InChI=1S/C15H18Cl2N2O2.ClH/c1-9-14(18-3-5-21-9)15(20)19-4-2-10-6-11(16)7-13(17)12(10)8-19;/h6-7,9,14,18H,2-5,8H2,1H3;1H/t9-,14+;/m1./s1. The number of amides is 1. The minimum atomic E-state index is -0.272. The van der Waals surface area contributed by atoms with Crippen molar-refractivity contribution in [1.82, 2.24) is 10.2 Å². The molecule has 1 saturated heterocycles. The molecule has 2 aliphatic heterocycles. The Bertz CT molecular complexity index is 568. The molecule has 3 rings (SSSR count). The number of halogens is 3. The van der Waals surface area contributed by atoms with E-state index < -0.39 is 0 Å². The molecule has 1 aromatic carbocycles. The van der Waals surface area contributed by atoms with E-state index in [2.05, 4.69) is 5.32 Å². The van der Waals surface area contributed by atoms with E-state index in [1.165, 1.54) is 0 Å². The number of nitrogens with one attached hydrogen (secondary N) is 1. The van der Waals surface area contributed by atoms with E-state index >= 15 is 0 Å². The first-order chi connectivity index (χ1) is 10.1. The molecule has 1 aromatic rings. The number of ether oxygens (including phenoxy) is 1. The lowest BCUT2D eigenvalue weighted by atomic mass is 9.98. The predicted molar refractivity (Wildman–Crippen MR) is 90.0 cm³/mol. The van der Waals surface area contributed by atoms with Gasteiger partial charge in [0.25, 0.3) is 0 Å². The van der Waals surface area contributed by atoms with Gasteiger partial charge in [0, 0.05) is 29.7 Å². The van der Waals surface area contributed by atoms with Crippen molar-refractivity contribution < 1.29 is 9.53 Å². The first-order valence-corrected chi connectivity index (χ1v) is 7.92. The zero-order chi connectivity index (χ0) is 15.0. The van der Waals surface area contributed by atoms with Crippen molar-refractivity contribution in [3.63, 3.8) is 0 Å². The normalized spacial score (nSPS) is 24.4. The monoisotopic (exact) mass is 364 g/mol. The lowest BCUT2D eigenvalue weighted by Gasteiger charge is -2.36. The molecular weight excluding hydrogens is 347 g/mol. The Kier molecular flexibility index (Phi) is 5.97. The Labute approximate surface area is 146 Å². The van der Waals surface area contributed by atoms with Crippen LogP contribution in [-0.2, 0) is 22.5 Å². The molecule has 0 aromatic heterocycles. The molecule has 122 valence electrons. The van der Waals surface area contributed by atoms with E-state index in [1.807, 2.05) is 17.9 Å². The van der Waals surface area contributed by atoms with E-state index in [9.17, 15) is 4.79 Å². The molecule has 0 unspecified atom stereocenters. The van der Waals surface area contributed by atoms with Crippen LogP contribution < -0.4 is 5.32 Å². The van der Waals surface area contributed by atoms with Crippen molar-refractivity contribution in [1.29, 1.82) is 0 Å². The fraction of sp³-hybridized carbons (Fsp3) is 0.533. The molecule has 0 aliphatic carbocycles. The van der Waals surface area contributed by atoms with Crippen molar-refractivity contribution in [3.05, 3.63) is 33.3 Å². The summed E-state index contributed by atoms with van der Waals surface area (Å²) in [5.74, 6) is 0.0823. The van der Waals surface area contributed by atoms with Crippen LogP contribution >= 0.6 is 35.6 Å². The van der Waals surface area contributed by atoms with E-state index in [0.717, 1.165) is 17.5 Å². The molecule has 4 nitrogen and oxygen atoms in total. The number of nitrogens with zero attached hydrogens (tertiary/aromatic N) is 1. The van der Waals surface area contributed by atoms with Crippen LogP contribution in [0.15, 0.2) is 12.1 Å². The summed E-state index contributed by atoms with van der Waals surface area (Å²) in [5, 5.41) is 4.53. The summed E-state index contributed by atoms with van der Waals surface area (Å²) in [6, 6.07) is 3.40. The second-order valence-corrected chi connectivity index (χ2v) is 6.39. The average Bonchev–Trinajstić information content (AvgIpc) is 2.46. The van der Waals surface area contributed by atoms with Crippen LogP contribution in [-0.4, -0.2) is 42.6 Å². The van der Waals surface area contributed by atoms with Crippen molar-refractivity contribution in [2.45, 2.75) is 32.0 Å². The minimum Gasteiger partial charge on any atom is -0.375 e. The van der Waals surface area contributed by atoms with Crippen molar-refractivity contribution in [2.24, 2.45) is 0 Å². The molecule has 0 radical (unpaired) electrons. The highest BCUT2D eigenvalue weighted by molar-refractivity contribution is 6.35. The molecule has 2 heterocycles. The highest BCUT2D eigenvalue weighted by Crippen LogP contribution is 2.30. The Morgan fingerprint density at radius 1 is 1.41 bits per heavy atom. The molecule has 0 saturated carbocycles. The molecule has 1 fully saturated rings. The summed E-state index contributed by atoms with van der Waals surface area (Å²) >= 11 is 12.3. The van der Waals surface area contributed by atoms with Gasteiger partial charge in [0.1, 0.15) is 6.04 Å². The van der Waals surface area contributed by atoms with Gasteiger partial charge in [0.05, 0.1) is 12.7 Å². The van der Waals surface area contributed by atoms with Gasteiger partial charge >= 0.3 is 0 Å². The molecular formula is C15H19Cl3N2O2. The Hall–Kier alpha value is -0.520. The Morgan fingerprint density at radius 3 is 2.91 bits per heavy atom. The Morgan fingerprint density at radius 2 is 2.18 bits per heavy atom. The molecule has 2 aliphatic rings. The molecule has 0 spiro atoms.